The summed E-state index contributed by atoms with van der Waals surface area (Å²) < 4.78 is 11.7. The summed E-state index contributed by atoms with van der Waals surface area (Å²) in [7, 11) is 11.5. The highest BCUT2D eigenvalue weighted by Gasteiger charge is 2.23. The minimum Gasteiger partial charge on any atom is -0.550 e. The number of ether oxygens (including phenoxy) is 2. The molecule has 0 fully saturated rings. The van der Waals surface area contributed by atoms with Crippen LogP contribution in [0, 0.1) is 0 Å². The van der Waals surface area contributed by atoms with Gasteiger partial charge in [-0.25, -0.2) is 0 Å². The highest BCUT2D eigenvalue weighted by atomic mass is 16.5. The number of rotatable bonds is 22. The van der Waals surface area contributed by atoms with Crippen molar-refractivity contribution in [2.45, 2.75) is 89.3 Å². The number of nitrogens with zero attached hydrogens (tertiary/aromatic N) is 2. The van der Waals surface area contributed by atoms with Gasteiger partial charge in [0.2, 0.25) is 0 Å². The molecule has 0 spiro atoms. The van der Waals surface area contributed by atoms with Crippen LogP contribution in [-0.2, 0) is 28.7 Å². The maximum atomic E-state index is 12.1. The molecule has 0 N–H and O–H groups in total. The monoisotopic (exact) mass is 542 g/mol. The Hall–Kier alpha value is -2.46. The quantitative estimate of drug-likeness (QED) is 0.0855. The number of allylic oxidation sites excluding steroid dienone is 2. The Labute approximate surface area is 228 Å². The molecule has 0 bridgehead atoms. The van der Waals surface area contributed by atoms with Crippen LogP contribution in [0.1, 0.15) is 77.0 Å². The number of esters is 2. The molecular formula is C28H50N2O8. The fourth-order valence-electron chi connectivity index (χ4n) is 4.03. The summed E-state index contributed by atoms with van der Waals surface area (Å²) >= 11 is 0. The van der Waals surface area contributed by atoms with Crippen LogP contribution in [0.5, 0.6) is 0 Å². The minimum atomic E-state index is -1.23. The Morgan fingerprint density at radius 3 is 1.39 bits per heavy atom. The van der Waals surface area contributed by atoms with E-state index in [9.17, 15) is 29.4 Å². The van der Waals surface area contributed by atoms with Crippen molar-refractivity contribution in [2.75, 3.05) is 55.4 Å². The standard InChI is InChI=1S/C28H50N2O8/c1-29(2,3)21-23(19-25(31)32)37-27(35)17-15-13-11-9-7-8-10-12-14-16-18-28(36)38-24(20-26(33)34)22-30(4,5)6/h9,11,23-24H,7-8,10,12-22H2,1-6H3/b11-9-. The lowest BCUT2D eigenvalue weighted by Crippen LogP contribution is -2.45. The van der Waals surface area contributed by atoms with E-state index in [2.05, 4.69) is 6.08 Å². The average molecular weight is 543 g/mol. The molecule has 0 aliphatic carbocycles. The second-order valence-electron chi connectivity index (χ2n) is 12.0. The van der Waals surface area contributed by atoms with E-state index >= 15 is 0 Å². The molecule has 0 saturated carbocycles. The van der Waals surface area contributed by atoms with Crippen LogP contribution < -0.4 is 10.2 Å². The molecule has 2 atom stereocenters. The molecule has 0 aromatic heterocycles. The first-order valence-electron chi connectivity index (χ1n) is 13.6. The van der Waals surface area contributed by atoms with E-state index < -0.39 is 24.1 Å². The van der Waals surface area contributed by atoms with Crippen molar-refractivity contribution in [2.24, 2.45) is 0 Å². The van der Waals surface area contributed by atoms with Crippen molar-refractivity contribution in [3.8, 4) is 0 Å². The van der Waals surface area contributed by atoms with Gasteiger partial charge in [-0.2, -0.15) is 0 Å². The van der Waals surface area contributed by atoms with E-state index in [0.717, 1.165) is 38.5 Å². The normalized spacial score (nSPS) is 13.7. The first-order valence-corrected chi connectivity index (χ1v) is 13.6. The number of carbonyl (C=O) groups excluding carboxylic acids is 4. The van der Waals surface area contributed by atoms with Crippen LogP contribution in [0.4, 0.5) is 0 Å². The van der Waals surface area contributed by atoms with Crippen LogP contribution in [0.25, 0.3) is 0 Å². The molecule has 0 aliphatic rings. The Morgan fingerprint density at radius 2 is 0.974 bits per heavy atom. The molecule has 0 aromatic rings. The maximum Gasteiger partial charge on any atom is 0.306 e. The SMILES string of the molecule is C[N+](C)(C)CC(CC(=O)[O-])OC(=O)CCC/C=C\CCCCCCCC(=O)OC(CC(=O)[O-])C[N+](C)(C)C. The maximum absolute atomic E-state index is 12.1. The summed E-state index contributed by atoms with van der Waals surface area (Å²) in [6, 6.07) is 0. The van der Waals surface area contributed by atoms with Gasteiger partial charge in [-0.05, 0) is 32.1 Å². The highest BCUT2D eigenvalue weighted by molar-refractivity contribution is 5.71. The molecule has 0 aliphatic heterocycles. The Kier molecular flexibility index (Phi) is 17.5. The number of quaternary nitrogens is 2. The van der Waals surface area contributed by atoms with Gasteiger partial charge in [0.1, 0.15) is 13.1 Å². The van der Waals surface area contributed by atoms with Crippen LogP contribution in [0.3, 0.4) is 0 Å². The number of carboxylic acids is 2. The largest absolute Gasteiger partial charge is 0.550 e. The number of likely N-dealkylation sites (N-methyl/N-ethyl adjacent to an activating group) is 2. The second kappa shape index (κ2) is 18.7. The van der Waals surface area contributed by atoms with Gasteiger partial charge in [0.15, 0.2) is 12.2 Å². The van der Waals surface area contributed by atoms with Crippen LogP contribution >= 0.6 is 0 Å². The predicted octanol–water partition coefficient (Wildman–Crippen LogP) is 0.960. The number of hydrogen-bond donors (Lipinski definition) is 0. The summed E-state index contributed by atoms with van der Waals surface area (Å²) in [6.45, 7) is 0.825. The van der Waals surface area contributed by atoms with E-state index in [4.69, 9.17) is 9.47 Å². The minimum absolute atomic E-state index is 0.247. The molecule has 0 amide bonds. The van der Waals surface area contributed by atoms with Gasteiger partial charge in [0.25, 0.3) is 0 Å². The van der Waals surface area contributed by atoms with Gasteiger partial charge in [-0.3, -0.25) is 9.59 Å². The van der Waals surface area contributed by atoms with Crippen molar-refractivity contribution in [3.05, 3.63) is 12.2 Å². The van der Waals surface area contributed by atoms with Gasteiger partial charge in [-0.1, -0.05) is 31.4 Å². The molecule has 220 valence electrons. The number of hydrogen-bond acceptors (Lipinski definition) is 8. The fourth-order valence-corrected chi connectivity index (χ4v) is 4.03. The van der Waals surface area contributed by atoms with Crippen LogP contribution in [-0.4, -0.2) is 100 Å². The molecular weight excluding hydrogens is 492 g/mol. The number of carbonyl (C=O) groups is 4. The van der Waals surface area contributed by atoms with Crippen LogP contribution in [0.2, 0.25) is 0 Å². The molecule has 2 unspecified atom stereocenters. The number of carboxylic acid groups (broad SMARTS) is 2. The molecule has 0 heterocycles. The van der Waals surface area contributed by atoms with Gasteiger partial charge < -0.3 is 38.2 Å². The molecule has 0 saturated heterocycles. The van der Waals surface area contributed by atoms with Crippen molar-refractivity contribution in [3.63, 3.8) is 0 Å². The Balaban J connectivity index is 3.93. The number of unbranched alkanes of at least 4 members (excludes halogenated alkanes) is 6. The van der Waals surface area contributed by atoms with Gasteiger partial charge in [0, 0.05) is 37.6 Å². The Bertz CT molecular complexity index is 753. The van der Waals surface area contributed by atoms with Crippen molar-refractivity contribution in [1.29, 1.82) is 0 Å². The lowest BCUT2D eigenvalue weighted by atomic mass is 10.1. The smallest absolute Gasteiger partial charge is 0.306 e. The summed E-state index contributed by atoms with van der Waals surface area (Å²) in [5.74, 6) is -3.19. The fraction of sp³-hybridized carbons (Fsp3) is 0.786. The van der Waals surface area contributed by atoms with Gasteiger partial charge >= 0.3 is 11.9 Å². The molecule has 10 nitrogen and oxygen atoms in total. The second-order valence-corrected chi connectivity index (χ2v) is 12.0. The van der Waals surface area contributed by atoms with E-state index in [0.29, 0.717) is 34.9 Å². The summed E-state index contributed by atoms with van der Waals surface area (Å²) in [5.41, 5.74) is 0. The number of aliphatic carboxylic acids is 2. The van der Waals surface area contributed by atoms with Crippen molar-refractivity contribution < 1.29 is 47.8 Å². The van der Waals surface area contributed by atoms with Gasteiger partial charge in [-0.15, -0.1) is 0 Å². The van der Waals surface area contributed by atoms with Crippen molar-refractivity contribution in [1.82, 2.24) is 0 Å². The van der Waals surface area contributed by atoms with E-state index in [1.54, 1.807) is 0 Å². The van der Waals surface area contributed by atoms with E-state index in [1.165, 1.54) is 0 Å². The molecule has 0 aromatic carbocycles. The zero-order chi connectivity index (χ0) is 29.2. The predicted molar refractivity (Wildman–Crippen MR) is 140 cm³/mol. The molecule has 38 heavy (non-hydrogen) atoms. The lowest BCUT2D eigenvalue weighted by molar-refractivity contribution is -0.873. The Morgan fingerprint density at radius 1 is 0.605 bits per heavy atom. The third-order valence-corrected chi connectivity index (χ3v) is 5.56. The van der Waals surface area contributed by atoms with Crippen LogP contribution in [0.15, 0.2) is 12.2 Å². The third-order valence-electron chi connectivity index (χ3n) is 5.56. The zero-order valence-corrected chi connectivity index (χ0v) is 24.4. The molecule has 0 rings (SSSR count). The molecule has 10 heteroatoms. The highest BCUT2D eigenvalue weighted by Crippen LogP contribution is 2.12. The summed E-state index contributed by atoms with van der Waals surface area (Å²) in [6.07, 6.45) is 9.79. The topological polar surface area (TPSA) is 133 Å². The van der Waals surface area contributed by atoms with Gasteiger partial charge in [0.05, 0.1) is 42.3 Å². The summed E-state index contributed by atoms with van der Waals surface area (Å²) in [4.78, 5) is 45.9. The zero-order valence-electron chi connectivity index (χ0n) is 24.4. The third kappa shape index (κ3) is 23.9. The first kappa shape index (κ1) is 35.5. The van der Waals surface area contributed by atoms with E-state index in [1.807, 2.05) is 48.4 Å². The average Bonchev–Trinajstić information content (AvgIpc) is 2.70. The first-order chi connectivity index (χ1) is 17.6. The summed E-state index contributed by atoms with van der Waals surface area (Å²) in [5, 5.41) is 21.8. The lowest BCUT2D eigenvalue weighted by Gasteiger charge is -2.29. The van der Waals surface area contributed by atoms with Crippen molar-refractivity contribution >= 4 is 23.9 Å². The van der Waals surface area contributed by atoms with E-state index in [-0.39, 0.29) is 37.6 Å². The molecule has 0 radical (unpaired) electrons.